The van der Waals surface area contributed by atoms with Crippen LogP contribution in [0.5, 0.6) is 0 Å². The minimum Gasteiger partial charge on any atom is -0.453 e. The molecule has 0 aliphatic rings. The molecular formula is C30H23NO4. The lowest BCUT2D eigenvalue weighted by atomic mass is 9.96. The number of aromatic nitrogens is 1. The zero-order valence-corrected chi connectivity index (χ0v) is 19.4. The molecule has 0 saturated heterocycles. The minimum atomic E-state index is -0.722. The summed E-state index contributed by atoms with van der Waals surface area (Å²) in [5, 5.41) is 3.12. The van der Waals surface area contributed by atoms with Crippen LogP contribution in [-0.4, -0.2) is 22.9 Å². The Morgan fingerprint density at radius 3 is 2.20 bits per heavy atom. The first-order chi connectivity index (χ1) is 16.9. The SMILES string of the molecule is Cc1ccc(-c2c(C(=O)OCC(=O)c3ccc4ccccc4c3)n(C)c(=O)c3ccccc23)cc1. The Morgan fingerprint density at radius 1 is 0.800 bits per heavy atom. The smallest absolute Gasteiger partial charge is 0.356 e. The van der Waals surface area contributed by atoms with Crippen molar-refractivity contribution in [3.63, 3.8) is 0 Å². The maximum atomic E-state index is 13.3. The van der Waals surface area contributed by atoms with Crippen molar-refractivity contribution in [3.05, 3.63) is 118 Å². The van der Waals surface area contributed by atoms with Crippen LogP contribution in [-0.2, 0) is 11.8 Å². The van der Waals surface area contributed by atoms with Crippen molar-refractivity contribution < 1.29 is 14.3 Å². The highest BCUT2D eigenvalue weighted by Crippen LogP contribution is 2.31. The van der Waals surface area contributed by atoms with Gasteiger partial charge in [-0.25, -0.2) is 4.79 Å². The molecule has 0 unspecified atom stereocenters. The van der Waals surface area contributed by atoms with Crippen LogP contribution in [0.4, 0.5) is 0 Å². The number of nitrogens with zero attached hydrogens (tertiary/aromatic N) is 1. The number of hydrogen-bond donors (Lipinski definition) is 0. The van der Waals surface area contributed by atoms with E-state index in [0.29, 0.717) is 21.9 Å². The van der Waals surface area contributed by atoms with Gasteiger partial charge in [-0.1, -0.05) is 84.4 Å². The van der Waals surface area contributed by atoms with Gasteiger partial charge >= 0.3 is 5.97 Å². The number of ether oxygens (including phenoxy) is 1. The van der Waals surface area contributed by atoms with E-state index >= 15 is 0 Å². The Labute approximate surface area is 202 Å². The number of hydrogen-bond acceptors (Lipinski definition) is 4. The zero-order valence-electron chi connectivity index (χ0n) is 19.4. The van der Waals surface area contributed by atoms with Crippen LogP contribution in [0.25, 0.3) is 32.7 Å². The third kappa shape index (κ3) is 4.13. The monoisotopic (exact) mass is 461 g/mol. The second kappa shape index (κ2) is 9.03. The molecule has 1 aromatic heterocycles. The van der Waals surface area contributed by atoms with Crippen LogP contribution in [0.3, 0.4) is 0 Å². The van der Waals surface area contributed by atoms with Crippen LogP contribution in [0.15, 0.2) is 95.8 Å². The number of carbonyl (C=O) groups excluding carboxylic acids is 2. The number of ketones is 1. The summed E-state index contributed by atoms with van der Waals surface area (Å²) in [6.07, 6.45) is 0. The standard InChI is InChI=1S/C30H23NO4/c1-19-11-13-21(14-12-19)27-24-9-5-6-10-25(24)29(33)31(2)28(27)30(34)35-18-26(32)23-16-15-20-7-3-4-8-22(20)17-23/h3-17H,18H2,1-2H3. The molecule has 35 heavy (non-hydrogen) atoms. The maximum absolute atomic E-state index is 13.3. The third-order valence-corrected chi connectivity index (χ3v) is 6.24. The predicted octanol–water partition coefficient (Wildman–Crippen LogP) is 5.71. The van der Waals surface area contributed by atoms with E-state index in [9.17, 15) is 14.4 Å². The van der Waals surface area contributed by atoms with Crippen molar-refractivity contribution in [1.29, 1.82) is 0 Å². The van der Waals surface area contributed by atoms with E-state index < -0.39 is 12.6 Å². The first-order valence-electron chi connectivity index (χ1n) is 11.3. The van der Waals surface area contributed by atoms with E-state index in [1.807, 2.05) is 73.7 Å². The lowest BCUT2D eigenvalue weighted by Gasteiger charge is -2.17. The Kier molecular flexibility index (Phi) is 5.75. The van der Waals surface area contributed by atoms with Gasteiger partial charge in [0.1, 0.15) is 5.69 Å². The van der Waals surface area contributed by atoms with Crippen molar-refractivity contribution in [1.82, 2.24) is 4.57 Å². The van der Waals surface area contributed by atoms with Crippen LogP contribution in [0.2, 0.25) is 0 Å². The van der Waals surface area contributed by atoms with Gasteiger partial charge in [-0.05, 0) is 40.8 Å². The molecular weight excluding hydrogens is 438 g/mol. The highest BCUT2D eigenvalue weighted by Gasteiger charge is 2.23. The van der Waals surface area contributed by atoms with Gasteiger partial charge in [0.05, 0.1) is 0 Å². The van der Waals surface area contributed by atoms with Crippen molar-refractivity contribution in [2.45, 2.75) is 6.92 Å². The number of aryl methyl sites for hydroxylation is 1. The van der Waals surface area contributed by atoms with Gasteiger partial charge in [0.15, 0.2) is 12.4 Å². The van der Waals surface area contributed by atoms with E-state index in [4.69, 9.17) is 4.74 Å². The molecule has 0 saturated carbocycles. The van der Waals surface area contributed by atoms with E-state index in [1.165, 1.54) is 4.57 Å². The normalized spacial score (nSPS) is 11.0. The fraction of sp³-hybridized carbons (Fsp3) is 0.100. The van der Waals surface area contributed by atoms with Gasteiger partial charge in [0.25, 0.3) is 5.56 Å². The van der Waals surface area contributed by atoms with Gasteiger partial charge in [-0.15, -0.1) is 0 Å². The third-order valence-electron chi connectivity index (χ3n) is 6.24. The van der Waals surface area contributed by atoms with E-state index in [1.54, 1.807) is 31.3 Å². The summed E-state index contributed by atoms with van der Waals surface area (Å²) in [5.41, 5.74) is 2.74. The number of Topliss-reactive ketones (excluding diaryl/α,β-unsaturated/α-hetero) is 1. The predicted molar refractivity (Wildman–Crippen MR) is 138 cm³/mol. The zero-order chi connectivity index (χ0) is 24.5. The number of fused-ring (bicyclic) bond motifs is 2. The second-order valence-electron chi connectivity index (χ2n) is 8.56. The molecule has 0 aliphatic carbocycles. The molecule has 4 aromatic carbocycles. The van der Waals surface area contributed by atoms with Gasteiger partial charge < -0.3 is 9.30 Å². The molecule has 1 heterocycles. The number of rotatable bonds is 5. The molecule has 172 valence electrons. The van der Waals surface area contributed by atoms with Crippen LogP contribution < -0.4 is 5.56 Å². The summed E-state index contributed by atoms with van der Waals surface area (Å²) < 4.78 is 6.78. The summed E-state index contributed by atoms with van der Waals surface area (Å²) in [6.45, 7) is 1.56. The van der Waals surface area contributed by atoms with Crippen molar-refractivity contribution in [2.75, 3.05) is 6.61 Å². The Hall–Kier alpha value is -4.51. The van der Waals surface area contributed by atoms with E-state index in [-0.39, 0.29) is 17.0 Å². The Bertz CT molecular complexity index is 1660. The van der Waals surface area contributed by atoms with E-state index in [2.05, 4.69) is 0 Å². The van der Waals surface area contributed by atoms with Crippen molar-refractivity contribution in [3.8, 4) is 11.1 Å². The van der Waals surface area contributed by atoms with Gasteiger partial charge in [0.2, 0.25) is 0 Å². The summed E-state index contributed by atoms with van der Waals surface area (Å²) in [6, 6.07) is 28.0. The lowest BCUT2D eigenvalue weighted by Crippen LogP contribution is -2.27. The summed E-state index contributed by atoms with van der Waals surface area (Å²) >= 11 is 0. The Morgan fingerprint density at radius 2 is 1.46 bits per heavy atom. The number of pyridine rings is 1. The molecule has 0 radical (unpaired) electrons. The molecule has 0 atom stereocenters. The number of esters is 1. The number of benzene rings is 4. The highest BCUT2D eigenvalue weighted by molar-refractivity contribution is 6.08. The van der Waals surface area contributed by atoms with Crippen LogP contribution >= 0.6 is 0 Å². The first kappa shape index (κ1) is 22.3. The molecule has 0 amide bonds. The molecule has 5 aromatic rings. The molecule has 0 N–H and O–H groups in total. The van der Waals surface area contributed by atoms with Crippen LogP contribution in [0.1, 0.15) is 26.4 Å². The second-order valence-corrected chi connectivity index (χ2v) is 8.56. The molecule has 0 bridgehead atoms. The number of carbonyl (C=O) groups is 2. The summed E-state index contributed by atoms with van der Waals surface area (Å²) in [7, 11) is 1.55. The first-order valence-corrected chi connectivity index (χ1v) is 11.3. The van der Waals surface area contributed by atoms with Gasteiger partial charge in [-0.3, -0.25) is 9.59 Å². The van der Waals surface area contributed by atoms with Crippen LogP contribution in [0, 0.1) is 6.92 Å². The lowest BCUT2D eigenvalue weighted by molar-refractivity contribution is 0.0465. The molecule has 0 aliphatic heterocycles. The fourth-order valence-electron chi connectivity index (χ4n) is 4.36. The van der Waals surface area contributed by atoms with Gasteiger partial charge in [-0.2, -0.15) is 0 Å². The molecule has 0 fully saturated rings. The topological polar surface area (TPSA) is 65.4 Å². The summed E-state index contributed by atoms with van der Waals surface area (Å²) in [4.78, 5) is 39.2. The fourth-order valence-corrected chi connectivity index (χ4v) is 4.36. The highest BCUT2D eigenvalue weighted by atomic mass is 16.5. The average Bonchev–Trinajstić information content (AvgIpc) is 2.89. The van der Waals surface area contributed by atoms with Crippen molar-refractivity contribution >= 4 is 33.3 Å². The largest absolute Gasteiger partial charge is 0.453 e. The maximum Gasteiger partial charge on any atom is 0.356 e. The van der Waals surface area contributed by atoms with Crippen molar-refractivity contribution in [2.24, 2.45) is 7.05 Å². The Balaban J connectivity index is 1.53. The van der Waals surface area contributed by atoms with E-state index in [0.717, 1.165) is 21.9 Å². The van der Waals surface area contributed by atoms with Gasteiger partial charge in [0, 0.05) is 23.6 Å². The minimum absolute atomic E-state index is 0.115. The molecule has 5 rings (SSSR count). The molecule has 5 nitrogen and oxygen atoms in total. The average molecular weight is 462 g/mol. The molecule has 0 spiro atoms. The summed E-state index contributed by atoms with van der Waals surface area (Å²) in [5.74, 6) is -1.04. The quantitative estimate of drug-likeness (QED) is 0.249. The molecule has 5 heteroatoms.